The molecule has 0 N–H and O–H groups in total. The lowest BCUT2D eigenvalue weighted by molar-refractivity contribution is 0.131. The van der Waals surface area contributed by atoms with Gasteiger partial charge in [-0.1, -0.05) is 36.4 Å². The molecular weight excluding hydrogens is 558 g/mol. The van der Waals surface area contributed by atoms with Crippen LogP contribution in [-0.4, -0.2) is 54.1 Å². The molecule has 4 aromatic rings. The Morgan fingerprint density at radius 2 is 0.578 bits per heavy atom. The molecule has 6 nitrogen and oxygen atoms in total. The minimum absolute atomic E-state index is 0.262. The normalized spacial score (nSPS) is 19.2. The van der Waals surface area contributed by atoms with Crippen molar-refractivity contribution >= 4 is 17.7 Å². The minimum atomic E-state index is -0.262. The van der Waals surface area contributed by atoms with Crippen molar-refractivity contribution in [1.82, 2.24) is 0 Å². The molecule has 0 atom stereocenters. The third-order valence-electron chi connectivity index (χ3n) is 8.26. The molecule has 0 saturated heterocycles. The monoisotopic (exact) mass is 597 g/mol. The molecule has 3 aliphatic heterocycles. The molecule has 6 heteroatoms. The van der Waals surface area contributed by atoms with E-state index < -0.39 is 0 Å². The number of aliphatic imine (C=N–C) groups is 3. The Balaban J connectivity index is 1.23. The lowest BCUT2D eigenvalue weighted by Gasteiger charge is -2.18. The van der Waals surface area contributed by atoms with Crippen LogP contribution in [0.2, 0.25) is 0 Å². The van der Waals surface area contributed by atoms with Gasteiger partial charge in [0, 0.05) is 16.7 Å². The van der Waals surface area contributed by atoms with Crippen molar-refractivity contribution < 1.29 is 14.2 Å². The fraction of sp³-hybridized carbons (Fsp3) is 0.308. The molecule has 0 amide bonds. The molecular formula is C39H39N3O3. The zero-order valence-corrected chi connectivity index (χ0v) is 26.8. The predicted molar refractivity (Wildman–Crippen MR) is 182 cm³/mol. The number of hydrogen-bond donors (Lipinski definition) is 0. The average Bonchev–Trinajstić information content (AvgIpc) is 3.71. The highest BCUT2D eigenvalue weighted by Gasteiger charge is 2.30. The molecule has 0 radical (unpaired) electrons. The number of hydrogen-bond acceptors (Lipinski definition) is 6. The Hall–Kier alpha value is -4.71. The Kier molecular flexibility index (Phi) is 6.92. The number of benzene rings is 4. The topological polar surface area (TPSA) is 64.8 Å². The van der Waals surface area contributed by atoms with Gasteiger partial charge in [-0.25, -0.2) is 15.0 Å². The summed E-state index contributed by atoms with van der Waals surface area (Å²) in [6.07, 6.45) is 0. The third-order valence-corrected chi connectivity index (χ3v) is 8.26. The van der Waals surface area contributed by atoms with E-state index in [0.29, 0.717) is 37.3 Å². The summed E-state index contributed by atoms with van der Waals surface area (Å²) in [5.41, 5.74) is 8.96. The van der Waals surface area contributed by atoms with E-state index in [0.717, 1.165) is 50.1 Å². The maximum Gasteiger partial charge on any atom is 0.216 e. The molecule has 0 fully saturated rings. The zero-order valence-electron chi connectivity index (χ0n) is 26.8. The van der Waals surface area contributed by atoms with E-state index >= 15 is 0 Å². The molecule has 45 heavy (non-hydrogen) atoms. The van der Waals surface area contributed by atoms with Gasteiger partial charge in [-0.3, -0.25) is 0 Å². The summed E-state index contributed by atoms with van der Waals surface area (Å²) in [7, 11) is 0. The highest BCUT2D eigenvalue weighted by atomic mass is 16.5. The van der Waals surface area contributed by atoms with Crippen LogP contribution >= 0.6 is 0 Å². The van der Waals surface area contributed by atoms with Crippen LogP contribution in [0.1, 0.15) is 58.2 Å². The van der Waals surface area contributed by atoms with Crippen molar-refractivity contribution in [3.05, 3.63) is 108 Å². The van der Waals surface area contributed by atoms with Crippen LogP contribution in [0, 0.1) is 0 Å². The third kappa shape index (κ3) is 6.15. The van der Waals surface area contributed by atoms with E-state index in [-0.39, 0.29) is 16.8 Å². The predicted octanol–water partition coefficient (Wildman–Crippen LogP) is 8.35. The van der Waals surface area contributed by atoms with Gasteiger partial charge >= 0.3 is 0 Å². The van der Waals surface area contributed by atoms with Gasteiger partial charge < -0.3 is 14.2 Å². The van der Waals surface area contributed by atoms with Gasteiger partial charge in [0.2, 0.25) is 17.7 Å². The van der Waals surface area contributed by atoms with Crippen LogP contribution in [0.25, 0.3) is 33.4 Å². The second-order valence-corrected chi connectivity index (χ2v) is 14.0. The van der Waals surface area contributed by atoms with E-state index in [1.54, 1.807) is 0 Å². The summed E-state index contributed by atoms with van der Waals surface area (Å²) in [6.45, 7) is 14.4. The van der Waals surface area contributed by atoms with E-state index in [1.807, 2.05) is 0 Å². The van der Waals surface area contributed by atoms with E-state index in [2.05, 4.69) is 148 Å². The molecule has 0 aromatic heterocycles. The Morgan fingerprint density at radius 1 is 0.356 bits per heavy atom. The Morgan fingerprint density at radius 3 is 0.778 bits per heavy atom. The Bertz CT molecular complexity index is 1620. The molecule has 0 unspecified atom stereocenters. The standard InChI is InChI=1S/C39H39N3O3/c1-37(2)22-40-34(43-37)28-13-7-25(8-14-28)31-19-32(26-9-15-29(16-10-26)35-41-23-38(3,4)44-35)21-33(20-31)27-11-17-30(18-12-27)36-42-24-39(5,6)45-36/h7-21H,22-24H2,1-6H3. The summed E-state index contributed by atoms with van der Waals surface area (Å²) in [5.74, 6) is 2.12. The second-order valence-electron chi connectivity index (χ2n) is 14.0. The van der Waals surface area contributed by atoms with Crippen LogP contribution in [-0.2, 0) is 14.2 Å². The van der Waals surface area contributed by atoms with Gasteiger partial charge in [-0.2, -0.15) is 0 Å². The highest BCUT2D eigenvalue weighted by molar-refractivity contribution is 5.98. The van der Waals surface area contributed by atoms with Crippen molar-refractivity contribution in [2.75, 3.05) is 19.6 Å². The summed E-state index contributed by atoms with van der Waals surface area (Å²) in [5, 5.41) is 0. The van der Waals surface area contributed by atoms with Crippen molar-refractivity contribution in [2.24, 2.45) is 15.0 Å². The minimum Gasteiger partial charge on any atom is -0.469 e. The maximum atomic E-state index is 6.07. The number of ether oxygens (including phenoxy) is 3. The number of rotatable bonds is 6. The van der Waals surface area contributed by atoms with Gasteiger partial charge in [0.05, 0.1) is 19.6 Å². The molecule has 4 aromatic carbocycles. The smallest absolute Gasteiger partial charge is 0.216 e. The zero-order chi connectivity index (χ0) is 31.4. The first-order chi connectivity index (χ1) is 21.4. The Labute approximate surface area is 265 Å². The SMILES string of the molecule is CC1(C)CN=C(c2ccc(-c3cc(-c4ccc(C5=NCC(C)(C)O5)cc4)cc(-c4ccc(C5=NCC(C)(C)O5)cc4)c3)cc2)O1. The molecule has 0 aliphatic carbocycles. The molecule has 0 spiro atoms. The fourth-order valence-corrected chi connectivity index (χ4v) is 5.76. The summed E-state index contributed by atoms with van der Waals surface area (Å²) >= 11 is 0. The number of nitrogens with zero attached hydrogens (tertiary/aromatic N) is 3. The lowest BCUT2D eigenvalue weighted by Crippen LogP contribution is -2.24. The molecule has 3 heterocycles. The summed E-state index contributed by atoms with van der Waals surface area (Å²) < 4.78 is 18.2. The highest BCUT2D eigenvalue weighted by Crippen LogP contribution is 2.35. The van der Waals surface area contributed by atoms with E-state index in [1.165, 1.54) is 0 Å². The first kappa shape index (κ1) is 29.0. The van der Waals surface area contributed by atoms with Gasteiger partial charge in [-0.15, -0.1) is 0 Å². The first-order valence-electron chi connectivity index (χ1n) is 15.6. The van der Waals surface area contributed by atoms with Crippen LogP contribution in [0.3, 0.4) is 0 Å². The molecule has 3 aliphatic rings. The summed E-state index contributed by atoms with van der Waals surface area (Å²) in [4.78, 5) is 13.8. The van der Waals surface area contributed by atoms with Gasteiger partial charge in [0.25, 0.3) is 0 Å². The summed E-state index contributed by atoms with van der Waals surface area (Å²) in [6, 6.07) is 32.2. The van der Waals surface area contributed by atoms with Gasteiger partial charge in [-0.05, 0) is 130 Å². The van der Waals surface area contributed by atoms with Crippen molar-refractivity contribution in [3.8, 4) is 33.4 Å². The van der Waals surface area contributed by atoms with Crippen molar-refractivity contribution in [2.45, 2.75) is 58.3 Å². The van der Waals surface area contributed by atoms with Gasteiger partial charge in [0.1, 0.15) is 16.8 Å². The lowest BCUT2D eigenvalue weighted by atomic mass is 9.92. The van der Waals surface area contributed by atoms with Crippen LogP contribution in [0.4, 0.5) is 0 Å². The average molecular weight is 598 g/mol. The first-order valence-corrected chi connectivity index (χ1v) is 15.6. The maximum absolute atomic E-state index is 6.07. The van der Waals surface area contributed by atoms with Crippen LogP contribution < -0.4 is 0 Å². The molecule has 7 rings (SSSR count). The van der Waals surface area contributed by atoms with Crippen molar-refractivity contribution in [3.63, 3.8) is 0 Å². The van der Waals surface area contributed by atoms with E-state index in [9.17, 15) is 0 Å². The molecule has 0 bridgehead atoms. The largest absolute Gasteiger partial charge is 0.469 e. The fourth-order valence-electron chi connectivity index (χ4n) is 5.76. The molecule has 228 valence electrons. The van der Waals surface area contributed by atoms with Crippen LogP contribution in [0.5, 0.6) is 0 Å². The van der Waals surface area contributed by atoms with E-state index in [4.69, 9.17) is 14.2 Å². The second kappa shape index (κ2) is 10.7. The molecule has 0 saturated carbocycles. The van der Waals surface area contributed by atoms with Crippen LogP contribution in [0.15, 0.2) is 106 Å². The van der Waals surface area contributed by atoms with Crippen molar-refractivity contribution in [1.29, 1.82) is 0 Å². The quantitative estimate of drug-likeness (QED) is 0.224. The van der Waals surface area contributed by atoms with Gasteiger partial charge in [0.15, 0.2) is 0 Å².